The number of amides is 1. The zero-order valence-electron chi connectivity index (χ0n) is 14.5. The van der Waals surface area contributed by atoms with Crippen molar-refractivity contribution in [1.82, 2.24) is 24.6 Å². The molecule has 1 amide bonds. The quantitative estimate of drug-likeness (QED) is 0.721. The van der Waals surface area contributed by atoms with Crippen LogP contribution in [0.1, 0.15) is 22.3 Å². The van der Waals surface area contributed by atoms with Gasteiger partial charge in [0.15, 0.2) is 0 Å². The average molecular weight is 351 g/mol. The molecule has 7 heteroatoms. The summed E-state index contributed by atoms with van der Waals surface area (Å²) in [6.07, 6.45) is 7.74. The van der Waals surface area contributed by atoms with Crippen LogP contribution in [0.4, 0.5) is 0 Å². The van der Waals surface area contributed by atoms with E-state index in [0.29, 0.717) is 5.56 Å². The maximum Gasteiger partial charge on any atom is 0.253 e. The third kappa shape index (κ3) is 3.67. The summed E-state index contributed by atoms with van der Waals surface area (Å²) in [6, 6.07) is 9.56. The highest BCUT2D eigenvalue weighted by atomic mass is 16.3. The number of benzene rings is 1. The Balaban J connectivity index is 1.38. The minimum absolute atomic E-state index is 0.0884. The Hall–Kier alpha value is -2.93. The molecular formula is C19H21N5O2. The van der Waals surface area contributed by atoms with Gasteiger partial charge in [-0.2, -0.15) is 0 Å². The Bertz CT molecular complexity index is 827. The Labute approximate surface area is 151 Å². The zero-order valence-corrected chi connectivity index (χ0v) is 14.5. The van der Waals surface area contributed by atoms with Crippen molar-refractivity contribution in [3.05, 3.63) is 66.6 Å². The van der Waals surface area contributed by atoms with Gasteiger partial charge in [-0.25, -0.2) is 0 Å². The molecule has 7 nitrogen and oxygen atoms in total. The number of furan rings is 1. The predicted octanol–water partition coefficient (Wildman–Crippen LogP) is 2.21. The van der Waals surface area contributed by atoms with Crippen molar-refractivity contribution in [2.75, 3.05) is 26.2 Å². The van der Waals surface area contributed by atoms with E-state index >= 15 is 0 Å². The molecule has 1 aromatic carbocycles. The molecular weight excluding hydrogens is 330 g/mol. The van der Waals surface area contributed by atoms with Crippen molar-refractivity contribution in [1.29, 1.82) is 0 Å². The van der Waals surface area contributed by atoms with Gasteiger partial charge in [0.1, 0.15) is 12.7 Å². The molecule has 2 aromatic heterocycles. The number of nitrogens with zero attached hydrogens (tertiary/aromatic N) is 5. The summed E-state index contributed by atoms with van der Waals surface area (Å²) in [5.41, 5.74) is 2.83. The molecule has 1 aliphatic rings. The molecule has 0 spiro atoms. The van der Waals surface area contributed by atoms with E-state index in [4.69, 9.17) is 4.42 Å². The molecule has 1 saturated heterocycles. The lowest BCUT2D eigenvalue weighted by atomic mass is 10.1. The maximum atomic E-state index is 12.8. The summed E-state index contributed by atoms with van der Waals surface area (Å²) in [5, 5.41) is 7.60. The van der Waals surface area contributed by atoms with Crippen LogP contribution in [0.3, 0.4) is 0 Å². The molecule has 1 aliphatic heterocycles. The van der Waals surface area contributed by atoms with Gasteiger partial charge in [-0.3, -0.25) is 14.3 Å². The summed E-state index contributed by atoms with van der Waals surface area (Å²) in [4.78, 5) is 17.2. The van der Waals surface area contributed by atoms with Crippen molar-refractivity contribution in [2.24, 2.45) is 0 Å². The van der Waals surface area contributed by atoms with Crippen molar-refractivity contribution < 1.29 is 9.21 Å². The first-order valence-electron chi connectivity index (χ1n) is 8.77. The number of hydrogen-bond acceptors (Lipinski definition) is 5. The van der Waals surface area contributed by atoms with Gasteiger partial charge in [0.25, 0.3) is 5.91 Å². The summed E-state index contributed by atoms with van der Waals surface area (Å²) in [5.74, 6) is 0.0884. The fourth-order valence-corrected chi connectivity index (χ4v) is 3.27. The molecule has 3 heterocycles. The minimum Gasteiger partial charge on any atom is -0.472 e. The van der Waals surface area contributed by atoms with Gasteiger partial charge in [0, 0.05) is 49.5 Å². The molecule has 0 aliphatic carbocycles. The van der Waals surface area contributed by atoms with Crippen molar-refractivity contribution in [3.63, 3.8) is 0 Å². The summed E-state index contributed by atoms with van der Waals surface area (Å²) in [7, 11) is 0. The smallest absolute Gasteiger partial charge is 0.253 e. The lowest BCUT2D eigenvalue weighted by Gasteiger charge is -2.22. The topological polar surface area (TPSA) is 67.4 Å². The standard InChI is InChI=1S/C19H21N5O2/c25-19(17-2-4-18(5-3-17)24-14-20-21-15-24)23-8-1-7-22(9-10-23)12-16-6-11-26-13-16/h2-6,11,13-15H,1,7-10,12H2. The Morgan fingerprint density at radius 3 is 2.54 bits per heavy atom. The van der Waals surface area contributed by atoms with E-state index < -0.39 is 0 Å². The van der Waals surface area contributed by atoms with E-state index in [2.05, 4.69) is 15.1 Å². The van der Waals surface area contributed by atoms with Crippen LogP contribution in [-0.2, 0) is 6.54 Å². The summed E-state index contributed by atoms with van der Waals surface area (Å²) in [6.45, 7) is 4.25. The fourth-order valence-electron chi connectivity index (χ4n) is 3.27. The maximum absolute atomic E-state index is 12.8. The van der Waals surface area contributed by atoms with Gasteiger partial charge in [0.05, 0.1) is 12.5 Å². The second-order valence-electron chi connectivity index (χ2n) is 6.47. The Kier molecular flexibility index (Phi) is 4.79. The first kappa shape index (κ1) is 16.5. The van der Waals surface area contributed by atoms with Crippen LogP contribution >= 0.6 is 0 Å². The van der Waals surface area contributed by atoms with Gasteiger partial charge in [-0.15, -0.1) is 10.2 Å². The van der Waals surface area contributed by atoms with Gasteiger partial charge in [0.2, 0.25) is 0 Å². The lowest BCUT2D eigenvalue weighted by molar-refractivity contribution is 0.0761. The van der Waals surface area contributed by atoms with E-state index in [1.165, 1.54) is 5.56 Å². The van der Waals surface area contributed by atoms with Gasteiger partial charge < -0.3 is 9.32 Å². The van der Waals surface area contributed by atoms with E-state index in [1.807, 2.05) is 39.8 Å². The average Bonchev–Trinajstić information content (AvgIpc) is 3.33. The monoisotopic (exact) mass is 351 g/mol. The van der Waals surface area contributed by atoms with Gasteiger partial charge in [-0.05, 0) is 36.8 Å². The van der Waals surface area contributed by atoms with Gasteiger partial charge >= 0.3 is 0 Å². The van der Waals surface area contributed by atoms with Crippen LogP contribution in [-0.4, -0.2) is 56.7 Å². The summed E-state index contributed by atoms with van der Waals surface area (Å²) >= 11 is 0. The molecule has 0 saturated carbocycles. The molecule has 0 N–H and O–H groups in total. The molecule has 26 heavy (non-hydrogen) atoms. The predicted molar refractivity (Wildman–Crippen MR) is 95.9 cm³/mol. The van der Waals surface area contributed by atoms with Crippen LogP contribution in [0.15, 0.2) is 59.9 Å². The van der Waals surface area contributed by atoms with Crippen molar-refractivity contribution >= 4 is 5.91 Å². The SMILES string of the molecule is O=C(c1ccc(-n2cnnc2)cc1)N1CCCN(Cc2ccoc2)CC1. The van der Waals surface area contributed by atoms with E-state index in [0.717, 1.165) is 44.8 Å². The second kappa shape index (κ2) is 7.53. The van der Waals surface area contributed by atoms with E-state index in [1.54, 1.807) is 25.2 Å². The molecule has 0 bridgehead atoms. The van der Waals surface area contributed by atoms with Crippen LogP contribution in [0.2, 0.25) is 0 Å². The van der Waals surface area contributed by atoms with Crippen LogP contribution < -0.4 is 0 Å². The van der Waals surface area contributed by atoms with Crippen molar-refractivity contribution in [2.45, 2.75) is 13.0 Å². The molecule has 0 radical (unpaired) electrons. The fraction of sp³-hybridized carbons (Fsp3) is 0.316. The lowest BCUT2D eigenvalue weighted by Crippen LogP contribution is -2.35. The molecule has 0 atom stereocenters. The summed E-state index contributed by atoms with van der Waals surface area (Å²) < 4.78 is 6.95. The highest BCUT2D eigenvalue weighted by molar-refractivity contribution is 5.94. The van der Waals surface area contributed by atoms with Crippen LogP contribution in [0.25, 0.3) is 5.69 Å². The number of aromatic nitrogens is 3. The van der Waals surface area contributed by atoms with E-state index in [9.17, 15) is 4.79 Å². The first-order valence-corrected chi connectivity index (χ1v) is 8.77. The molecule has 4 rings (SSSR count). The molecule has 0 unspecified atom stereocenters. The minimum atomic E-state index is 0.0884. The highest BCUT2D eigenvalue weighted by Gasteiger charge is 2.20. The number of hydrogen-bond donors (Lipinski definition) is 0. The number of rotatable bonds is 4. The third-order valence-electron chi connectivity index (χ3n) is 4.69. The first-order chi connectivity index (χ1) is 12.8. The number of carbonyl (C=O) groups excluding carboxylic acids is 1. The van der Waals surface area contributed by atoms with Crippen LogP contribution in [0.5, 0.6) is 0 Å². The molecule has 134 valence electrons. The number of carbonyl (C=O) groups is 1. The third-order valence-corrected chi connectivity index (χ3v) is 4.69. The highest BCUT2D eigenvalue weighted by Crippen LogP contribution is 2.14. The second-order valence-corrected chi connectivity index (χ2v) is 6.47. The Morgan fingerprint density at radius 2 is 1.81 bits per heavy atom. The van der Waals surface area contributed by atoms with Gasteiger partial charge in [-0.1, -0.05) is 0 Å². The molecule has 3 aromatic rings. The largest absolute Gasteiger partial charge is 0.472 e. The van der Waals surface area contributed by atoms with Crippen molar-refractivity contribution in [3.8, 4) is 5.69 Å². The zero-order chi connectivity index (χ0) is 17.8. The van der Waals surface area contributed by atoms with Crippen LogP contribution in [0, 0.1) is 0 Å². The molecule has 1 fully saturated rings. The normalized spacial score (nSPS) is 15.8. The Morgan fingerprint density at radius 1 is 1.00 bits per heavy atom. The van der Waals surface area contributed by atoms with E-state index in [-0.39, 0.29) is 5.91 Å².